The molecule has 1 spiro atoms. The molecule has 2 saturated heterocycles. The van der Waals surface area contributed by atoms with Crippen LogP contribution in [-0.2, 0) is 18.8 Å². The summed E-state index contributed by atoms with van der Waals surface area (Å²) in [7, 11) is 3.03. The quantitative estimate of drug-likeness (QED) is 0.658. The van der Waals surface area contributed by atoms with Crippen LogP contribution in [0.1, 0.15) is 32.2 Å². The predicted molar refractivity (Wildman–Crippen MR) is 110 cm³/mol. The summed E-state index contributed by atoms with van der Waals surface area (Å²) in [5.74, 6) is 0. The Hall–Kier alpha value is -1.39. The van der Waals surface area contributed by atoms with E-state index in [2.05, 4.69) is 10.3 Å². The number of aromatic nitrogens is 4. The Morgan fingerprint density at radius 1 is 1.21 bits per heavy atom. The number of hydrogen-bond donors (Lipinski definition) is 2. The number of hydrogen-bond acceptors (Lipinski definition) is 6. The van der Waals surface area contributed by atoms with E-state index < -0.39 is 22.9 Å². The van der Waals surface area contributed by atoms with Crippen LogP contribution in [0.25, 0.3) is 11.2 Å². The van der Waals surface area contributed by atoms with Crippen LogP contribution < -0.4 is 16.6 Å². The number of nitrogens with one attached hydrogen (secondary N) is 1. The van der Waals surface area contributed by atoms with Crippen LogP contribution in [0.4, 0.5) is 0 Å². The Bertz CT molecular complexity index is 974. The van der Waals surface area contributed by atoms with Gasteiger partial charge in [-0.05, 0) is 32.9 Å². The van der Waals surface area contributed by atoms with Crippen molar-refractivity contribution in [3.05, 3.63) is 27.2 Å². The van der Waals surface area contributed by atoms with Gasteiger partial charge in [0, 0.05) is 20.5 Å². The summed E-state index contributed by atoms with van der Waals surface area (Å²) >= 11 is 0. The smallest absolute Gasteiger partial charge is 0.332 e. The lowest BCUT2D eigenvalue weighted by atomic mass is 9.76. The minimum atomic E-state index is -1.05. The molecule has 0 radical (unpaired) electrons. The zero-order chi connectivity index (χ0) is 18.7. The predicted octanol–water partition coefficient (Wildman–Crippen LogP) is 0.112. The normalized spacial score (nSPS) is 26.6. The molecule has 158 valence electrons. The molecule has 4 heterocycles. The maximum atomic E-state index is 12.7. The molecule has 0 aliphatic carbocycles. The molecule has 2 aliphatic rings. The third-order valence-electron chi connectivity index (χ3n) is 5.97. The SMILES string of the molecule is Cl.Cl.Cn1c(=O)c2c(ncn2[C@@H]2COC3(CCNCC3)C[C@@]2(C)O)n(C)c1=O. The molecule has 28 heavy (non-hydrogen) atoms. The highest BCUT2D eigenvalue weighted by atomic mass is 35.5. The van der Waals surface area contributed by atoms with Gasteiger partial charge in [0.05, 0.1) is 30.2 Å². The number of imidazole rings is 1. The highest BCUT2D eigenvalue weighted by Gasteiger charge is 2.49. The third kappa shape index (κ3) is 3.39. The van der Waals surface area contributed by atoms with E-state index in [1.807, 2.05) is 0 Å². The van der Waals surface area contributed by atoms with Crippen LogP contribution in [0.3, 0.4) is 0 Å². The standard InChI is InChI=1S/C17H25N5O4.2ClH/c1-16(25)9-17(4-6-18-7-5-17)26-8-11(16)22-10-19-13-12(22)14(23)21(3)15(24)20(13)2;;/h10-11,18,25H,4-9H2,1-3H3;2*1H/t11-,16-;;/m1../s1. The van der Waals surface area contributed by atoms with Gasteiger partial charge in [0.25, 0.3) is 5.56 Å². The Morgan fingerprint density at radius 2 is 1.86 bits per heavy atom. The fourth-order valence-electron chi connectivity index (χ4n) is 4.44. The molecule has 0 bridgehead atoms. The van der Waals surface area contributed by atoms with Gasteiger partial charge in [0.15, 0.2) is 11.2 Å². The second-order valence-corrected chi connectivity index (χ2v) is 7.82. The first-order valence-electron chi connectivity index (χ1n) is 8.95. The molecular weight excluding hydrogens is 409 g/mol. The first kappa shape index (κ1) is 22.9. The van der Waals surface area contributed by atoms with Gasteiger partial charge in [-0.15, -0.1) is 24.8 Å². The Kier molecular flexibility index (Phi) is 6.37. The fraction of sp³-hybridized carbons (Fsp3) is 0.706. The Balaban J connectivity index is 0.00000140. The second-order valence-electron chi connectivity index (χ2n) is 7.82. The zero-order valence-corrected chi connectivity index (χ0v) is 17.8. The van der Waals surface area contributed by atoms with Gasteiger partial charge in [0.1, 0.15) is 0 Å². The highest BCUT2D eigenvalue weighted by molar-refractivity contribution is 5.85. The number of halogens is 2. The summed E-state index contributed by atoms with van der Waals surface area (Å²) in [5, 5.41) is 14.6. The molecule has 2 aromatic heterocycles. The molecule has 0 saturated carbocycles. The largest absolute Gasteiger partial charge is 0.388 e. The summed E-state index contributed by atoms with van der Waals surface area (Å²) in [6.45, 7) is 3.83. The van der Waals surface area contributed by atoms with E-state index >= 15 is 0 Å². The molecule has 2 aliphatic heterocycles. The average molecular weight is 436 g/mol. The van der Waals surface area contributed by atoms with Crippen molar-refractivity contribution in [2.45, 2.75) is 43.4 Å². The minimum absolute atomic E-state index is 0. The summed E-state index contributed by atoms with van der Waals surface area (Å²) in [6.07, 6.45) is 3.74. The topological polar surface area (TPSA) is 103 Å². The number of rotatable bonds is 1. The van der Waals surface area contributed by atoms with Crippen molar-refractivity contribution < 1.29 is 9.84 Å². The van der Waals surface area contributed by atoms with E-state index in [9.17, 15) is 14.7 Å². The number of aryl methyl sites for hydroxylation is 1. The fourth-order valence-corrected chi connectivity index (χ4v) is 4.44. The molecule has 11 heteroatoms. The molecule has 2 fully saturated rings. The van der Waals surface area contributed by atoms with Gasteiger partial charge < -0.3 is 19.7 Å². The number of nitrogens with zero attached hydrogens (tertiary/aromatic N) is 4. The van der Waals surface area contributed by atoms with Gasteiger partial charge >= 0.3 is 5.69 Å². The van der Waals surface area contributed by atoms with Crippen molar-refractivity contribution in [2.24, 2.45) is 14.1 Å². The van der Waals surface area contributed by atoms with E-state index in [0.29, 0.717) is 24.2 Å². The van der Waals surface area contributed by atoms with Crippen molar-refractivity contribution in [3.8, 4) is 0 Å². The summed E-state index contributed by atoms with van der Waals surface area (Å²) < 4.78 is 10.3. The molecule has 2 N–H and O–H groups in total. The molecule has 9 nitrogen and oxygen atoms in total. The molecule has 0 unspecified atom stereocenters. The van der Waals surface area contributed by atoms with Gasteiger partial charge in [0.2, 0.25) is 0 Å². The molecule has 0 aromatic carbocycles. The maximum absolute atomic E-state index is 12.7. The second kappa shape index (κ2) is 7.79. The van der Waals surface area contributed by atoms with E-state index in [4.69, 9.17) is 4.74 Å². The van der Waals surface area contributed by atoms with Gasteiger partial charge in [-0.3, -0.25) is 13.9 Å². The van der Waals surface area contributed by atoms with Crippen molar-refractivity contribution in [2.75, 3.05) is 19.7 Å². The molecule has 2 atom stereocenters. The molecule has 2 aromatic rings. The summed E-state index contributed by atoms with van der Waals surface area (Å²) in [5.41, 5.74) is -1.59. The summed E-state index contributed by atoms with van der Waals surface area (Å²) in [6, 6.07) is -0.446. The molecule has 0 amide bonds. The zero-order valence-electron chi connectivity index (χ0n) is 16.2. The van der Waals surface area contributed by atoms with Crippen molar-refractivity contribution >= 4 is 36.0 Å². The molecular formula is C17H27Cl2N5O4. The Labute approximate surface area is 174 Å². The molecule has 4 rings (SSSR count). The van der Waals surface area contributed by atoms with Gasteiger partial charge in [-0.2, -0.15) is 0 Å². The lowest BCUT2D eigenvalue weighted by Crippen LogP contribution is -2.57. The third-order valence-corrected chi connectivity index (χ3v) is 5.97. The highest BCUT2D eigenvalue weighted by Crippen LogP contribution is 2.43. The van der Waals surface area contributed by atoms with Gasteiger partial charge in [-0.25, -0.2) is 9.78 Å². The van der Waals surface area contributed by atoms with Crippen LogP contribution in [-0.4, -0.2) is 54.7 Å². The first-order chi connectivity index (χ1) is 12.3. The number of piperidine rings is 1. The first-order valence-corrected chi connectivity index (χ1v) is 8.95. The Morgan fingerprint density at radius 3 is 2.46 bits per heavy atom. The maximum Gasteiger partial charge on any atom is 0.332 e. The number of aliphatic hydroxyl groups is 1. The van der Waals surface area contributed by atoms with Crippen LogP contribution in [0.5, 0.6) is 0 Å². The van der Waals surface area contributed by atoms with E-state index in [1.54, 1.807) is 18.5 Å². The lowest BCUT2D eigenvalue weighted by Gasteiger charge is -2.50. The van der Waals surface area contributed by atoms with Crippen molar-refractivity contribution in [3.63, 3.8) is 0 Å². The van der Waals surface area contributed by atoms with Crippen molar-refractivity contribution in [1.29, 1.82) is 0 Å². The van der Waals surface area contributed by atoms with Crippen molar-refractivity contribution in [1.82, 2.24) is 24.0 Å². The van der Waals surface area contributed by atoms with Crippen LogP contribution in [0.2, 0.25) is 0 Å². The summed E-state index contributed by atoms with van der Waals surface area (Å²) in [4.78, 5) is 29.1. The van der Waals surface area contributed by atoms with Crippen LogP contribution >= 0.6 is 24.8 Å². The lowest BCUT2D eigenvalue weighted by molar-refractivity contribution is -0.189. The average Bonchev–Trinajstić information content (AvgIpc) is 3.02. The van der Waals surface area contributed by atoms with E-state index in [-0.39, 0.29) is 30.4 Å². The van der Waals surface area contributed by atoms with Crippen LogP contribution in [0.15, 0.2) is 15.9 Å². The van der Waals surface area contributed by atoms with E-state index in [0.717, 1.165) is 30.5 Å². The van der Waals surface area contributed by atoms with Gasteiger partial charge in [-0.1, -0.05) is 0 Å². The number of ether oxygens (including phenoxy) is 1. The minimum Gasteiger partial charge on any atom is -0.388 e. The number of fused-ring (bicyclic) bond motifs is 1. The van der Waals surface area contributed by atoms with Crippen LogP contribution in [0, 0.1) is 0 Å². The van der Waals surface area contributed by atoms with E-state index in [1.165, 1.54) is 17.9 Å². The monoisotopic (exact) mass is 435 g/mol.